The van der Waals surface area contributed by atoms with Gasteiger partial charge in [-0.15, -0.1) is 0 Å². The van der Waals surface area contributed by atoms with E-state index in [1.807, 2.05) is 0 Å². The highest BCUT2D eigenvalue weighted by atomic mass is 35.5. The summed E-state index contributed by atoms with van der Waals surface area (Å²) in [5, 5.41) is 15.7. The number of aromatic nitrogens is 2. The molecule has 1 amide bonds. The molecule has 31 heavy (non-hydrogen) atoms. The molecule has 1 unspecified atom stereocenters. The zero-order valence-corrected chi connectivity index (χ0v) is 17.9. The molecule has 3 rings (SSSR count). The molecule has 1 atom stereocenters. The lowest BCUT2D eigenvalue weighted by Crippen LogP contribution is -2.28. The molecular weight excluding hydrogens is 423 g/mol. The van der Waals surface area contributed by atoms with Crippen molar-refractivity contribution in [3.8, 4) is 5.69 Å². The molecule has 0 bridgehead atoms. The third-order valence-corrected chi connectivity index (χ3v) is 5.37. The van der Waals surface area contributed by atoms with E-state index in [-0.39, 0.29) is 23.5 Å². The van der Waals surface area contributed by atoms with E-state index in [1.54, 1.807) is 51.2 Å². The third-order valence-electron chi connectivity index (χ3n) is 5.00. The Morgan fingerprint density at radius 1 is 1.29 bits per heavy atom. The minimum atomic E-state index is -0.471. The number of nitro benzene ring substituents is 1. The first-order valence-electron chi connectivity index (χ1n) is 9.39. The largest absolute Gasteiger partial charge is 0.335 e. The van der Waals surface area contributed by atoms with Gasteiger partial charge in [-0.05, 0) is 49.8 Å². The average molecular weight is 443 g/mol. The molecule has 9 heteroatoms. The predicted octanol–water partition coefficient (Wildman–Crippen LogP) is 5.11. The van der Waals surface area contributed by atoms with Crippen molar-refractivity contribution >= 4 is 29.3 Å². The van der Waals surface area contributed by atoms with Crippen LogP contribution in [0.4, 0.5) is 10.1 Å². The van der Waals surface area contributed by atoms with Crippen LogP contribution in [0.15, 0.2) is 54.6 Å². The maximum Gasteiger partial charge on any atom is 0.269 e. The molecule has 0 radical (unpaired) electrons. The van der Waals surface area contributed by atoms with Crippen molar-refractivity contribution in [3.63, 3.8) is 0 Å². The highest BCUT2D eigenvalue weighted by molar-refractivity contribution is 6.31. The summed E-state index contributed by atoms with van der Waals surface area (Å²) in [6, 6.07) is 11.5. The molecule has 7 nitrogen and oxygen atoms in total. The van der Waals surface area contributed by atoms with Gasteiger partial charge in [-0.2, -0.15) is 5.10 Å². The van der Waals surface area contributed by atoms with Gasteiger partial charge in [0.1, 0.15) is 11.0 Å². The normalized spacial score (nSPS) is 12.2. The number of rotatable bonds is 6. The Bertz CT molecular complexity index is 1160. The number of hydrogen-bond acceptors (Lipinski definition) is 4. The van der Waals surface area contributed by atoms with E-state index in [0.717, 1.165) is 0 Å². The summed E-state index contributed by atoms with van der Waals surface area (Å²) in [4.78, 5) is 24.7. The highest BCUT2D eigenvalue weighted by Gasteiger charge is 2.19. The van der Waals surface area contributed by atoms with E-state index in [2.05, 4.69) is 5.10 Å². The number of carbonyl (C=O) groups excluding carboxylic acids is 1. The van der Waals surface area contributed by atoms with Crippen LogP contribution in [0, 0.1) is 22.9 Å². The minimum Gasteiger partial charge on any atom is -0.335 e. The van der Waals surface area contributed by atoms with Crippen molar-refractivity contribution in [2.75, 3.05) is 7.05 Å². The molecule has 0 saturated heterocycles. The number of benzene rings is 2. The minimum absolute atomic E-state index is 0.0312. The van der Waals surface area contributed by atoms with Crippen LogP contribution in [0.25, 0.3) is 11.8 Å². The number of non-ortho nitro benzene ring substituents is 1. The van der Waals surface area contributed by atoms with Crippen molar-refractivity contribution in [2.45, 2.75) is 19.9 Å². The van der Waals surface area contributed by atoms with E-state index < -0.39 is 4.92 Å². The van der Waals surface area contributed by atoms with Crippen molar-refractivity contribution in [2.24, 2.45) is 0 Å². The van der Waals surface area contributed by atoms with Gasteiger partial charge in [0.25, 0.3) is 5.69 Å². The van der Waals surface area contributed by atoms with Crippen LogP contribution in [0.3, 0.4) is 0 Å². The summed E-state index contributed by atoms with van der Waals surface area (Å²) >= 11 is 6.44. The SMILES string of the molecule is Cc1nn(-c2ccc(F)cc2)c(Cl)c1/C=C/C(=O)N(C)C(C)c1cccc([N+](=O)[O-])c1. The van der Waals surface area contributed by atoms with Crippen LogP contribution in [0.2, 0.25) is 5.15 Å². The van der Waals surface area contributed by atoms with Crippen molar-refractivity contribution in [1.29, 1.82) is 0 Å². The summed E-state index contributed by atoms with van der Waals surface area (Å²) in [7, 11) is 1.62. The Balaban J connectivity index is 1.80. The second kappa shape index (κ2) is 9.09. The van der Waals surface area contributed by atoms with Crippen LogP contribution in [-0.2, 0) is 4.79 Å². The van der Waals surface area contributed by atoms with Gasteiger partial charge >= 0.3 is 0 Å². The maximum atomic E-state index is 13.2. The van der Waals surface area contributed by atoms with Crippen LogP contribution >= 0.6 is 11.6 Å². The first-order chi connectivity index (χ1) is 14.7. The fourth-order valence-corrected chi connectivity index (χ4v) is 3.37. The summed E-state index contributed by atoms with van der Waals surface area (Å²) in [6.45, 7) is 3.54. The number of amides is 1. The molecule has 1 heterocycles. The maximum absolute atomic E-state index is 13.2. The standard InChI is InChI=1S/C22H20ClFN4O3/c1-14-20(22(23)27(25-14)18-9-7-17(24)8-10-18)11-12-21(29)26(3)15(2)16-5-4-6-19(13-16)28(30)31/h4-13,15H,1-3H3/b12-11+. The monoisotopic (exact) mass is 442 g/mol. The van der Waals surface area contributed by atoms with Crippen LogP contribution in [0.1, 0.15) is 29.8 Å². The molecule has 0 fully saturated rings. The molecule has 0 spiro atoms. The van der Waals surface area contributed by atoms with Crippen molar-refractivity contribution < 1.29 is 14.1 Å². The zero-order valence-electron chi connectivity index (χ0n) is 17.1. The Labute approximate surface area is 183 Å². The first kappa shape index (κ1) is 22.2. The number of halogens is 2. The van der Waals surface area contributed by atoms with Gasteiger partial charge in [0.2, 0.25) is 5.91 Å². The van der Waals surface area contributed by atoms with Gasteiger partial charge in [0.05, 0.1) is 22.3 Å². The van der Waals surface area contributed by atoms with Gasteiger partial charge in [-0.25, -0.2) is 9.07 Å². The van der Waals surface area contributed by atoms with Crippen molar-refractivity contribution in [1.82, 2.24) is 14.7 Å². The second-order valence-electron chi connectivity index (χ2n) is 6.99. The van der Waals surface area contributed by atoms with Crippen LogP contribution in [-0.4, -0.2) is 32.6 Å². The molecule has 0 N–H and O–H groups in total. The first-order valence-corrected chi connectivity index (χ1v) is 9.77. The summed E-state index contributed by atoms with van der Waals surface area (Å²) < 4.78 is 14.6. The van der Waals surface area contributed by atoms with Gasteiger partial charge < -0.3 is 4.90 Å². The van der Waals surface area contributed by atoms with Gasteiger partial charge in [-0.1, -0.05) is 23.7 Å². The number of nitrogens with zero attached hydrogens (tertiary/aromatic N) is 4. The van der Waals surface area contributed by atoms with E-state index in [0.29, 0.717) is 27.7 Å². The number of carbonyl (C=O) groups is 1. The molecule has 0 saturated carbocycles. The Morgan fingerprint density at radius 2 is 1.97 bits per heavy atom. The Kier molecular flexibility index (Phi) is 6.50. The predicted molar refractivity (Wildman–Crippen MR) is 117 cm³/mol. The lowest BCUT2D eigenvalue weighted by molar-refractivity contribution is -0.384. The van der Waals surface area contributed by atoms with E-state index in [9.17, 15) is 19.3 Å². The van der Waals surface area contributed by atoms with Gasteiger partial charge in [0.15, 0.2) is 0 Å². The quantitative estimate of drug-likeness (QED) is 0.301. The van der Waals surface area contributed by atoms with Gasteiger partial charge in [-0.3, -0.25) is 14.9 Å². The van der Waals surface area contributed by atoms with E-state index in [1.165, 1.54) is 39.9 Å². The molecular formula is C22H20ClFN4O3. The number of hydrogen-bond donors (Lipinski definition) is 0. The van der Waals surface area contributed by atoms with E-state index in [4.69, 9.17) is 11.6 Å². The number of nitro groups is 1. The Hall–Kier alpha value is -3.52. The molecule has 0 aliphatic carbocycles. The van der Waals surface area contributed by atoms with E-state index >= 15 is 0 Å². The fraction of sp³-hybridized carbons (Fsp3) is 0.182. The lowest BCUT2D eigenvalue weighted by Gasteiger charge is -2.24. The zero-order chi connectivity index (χ0) is 22.7. The second-order valence-corrected chi connectivity index (χ2v) is 7.35. The molecule has 3 aromatic rings. The topological polar surface area (TPSA) is 81.3 Å². The third kappa shape index (κ3) is 4.80. The lowest BCUT2D eigenvalue weighted by atomic mass is 10.1. The van der Waals surface area contributed by atoms with Crippen molar-refractivity contribution in [3.05, 3.63) is 92.5 Å². The molecule has 2 aromatic carbocycles. The summed E-state index contributed by atoms with van der Waals surface area (Å²) in [5.74, 6) is -0.667. The molecule has 0 aliphatic heterocycles. The summed E-state index contributed by atoms with van der Waals surface area (Å²) in [6.07, 6.45) is 2.95. The molecule has 0 aliphatic rings. The Morgan fingerprint density at radius 3 is 2.61 bits per heavy atom. The number of aryl methyl sites for hydroxylation is 1. The van der Waals surface area contributed by atoms with Crippen LogP contribution < -0.4 is 0 Å². The average Bonchev–Trinajstić information content (AvgIpc) is 3.04. The molecule has 1 aromatic heterocycles. The number of likely N-dealkylation sites (N-methyl/N-ethyl adjacent to an activating group) is 1. The summed E-state index contributed by atoms with van der Waals surface area (Å²) in [5.41, 5.74) is 2.38. The molecule has 160 valence electrons. The highest BCUT2D eigenvalue weighted by Crippen LogP contribution is 2.26. The van der Waals surface area contributed by atoms with Crippen LogP contribution in [0.5, 0.6) is 0 Å². The fourth-order valence-electron chi connectivity index (χ4n) is 3.04. The smallest absolute Gasteiger partial charge is 0.269 e. The van der Waals surface area contributed by atoms with Gasteiger partial charge in [0, 0.05) is 30.8 Å².